The molecule has 0 aliphatic carbocycles. The molecule has 11 heteroatoms. The summed E-state index contributed by atoms with van der Waals surface area (Å²) in [6, 6.07) is 1.51. The second-order valence-electron chi connectivity index (χ2n) is 9.21. The molecule has 0 saturated carbocycles. The van der Waals surface area contributed by atoms with Gasteiger partial charge >= 0.3 is 0 Å². The number of benzene rings is 1. The molecule has 36 heavy (non-hydrogen) atoms. The average Bonchev–Trinajstić information content (AvgIpc) is 3.17. The van der Waals surface area contributed by atoms with E-state index < -0.39 is 17.6 Å². The van der Waals surface area contributed by atoms with Crippen LogP contribution < -0.4 is 15.8 Å². The zero-order valence-electron chi connectivity index (χ0n) is 20.9. The summed E-state index contributed by atoms with van der Waals surface area (Å²) in [5, 5.41) is 2.72. The topological polar surface area (TPSA) is 104 Å². The van der Waals surface area contributed by atoms with E-state index in [1.54, 1.807) is 12.4 Å². The van der Waals surface area contributed by atoms with E-state index in [2.05, 4.69) is 10.3 Å². The maximum Gasteiger partial charge on any atom is 0.258 e. The lowest BCUT2D eigenvalue weighted by Gasteiger charge is -2.24. The van der Waals surface area contributed by atoms with Crippen LogP contribution in [0.2, 0.25) is 5.02 Å². The number of halogens is 2. The number of imidazole rings is 1. The van der Waals surface area contributed by atoms with Crippen molar-refractivity contribution >= 4 is 42.3 Å². The Morgan fingerprint density at radius 3 is 2.72 bits per heavy atom. The number of carbonyl (C=O) groups is 1. The first-order valence-electron chi connectivity index (χ1n) is 11.8. The van der Waals surface area contributed by atoms with Gasteiger partial charge in [0.2, 0.25) is 0 Å². The Morgan fingerprint density at radius 2 is 2.06 bits per heavy atom. The number of hydrogen-bond acceptors (Lipinski definition) is 6. The zero-order valence-corrected chi connectivity index (χ0v) is 22.7. The number of rotatable bonds is 7. The summed E-state index contributed by atoms with van der Waals surface area (Å²) in [6.45, 7) is 9.16. The number of amides is 1. The summed E-state index contributed by atoms with van der Waals surface area (Å²) in [6.07, 6.45) is 4.76. The van der Waals surface area contributed by atoms with E-state index in [1.165, 1.54) is 6.07 Å². The van der Waals surface area contributed by atoms with Crippen LogP contribution in [-0.2, 0) is 4.74 Å². The van der Waals surface area contributed by atoms with Gasteiger partial charge in [-0.2, -0.15) is 13.5 Å². The maximum absolute atomic E-state index is 15.3. The van der Waals surface area contributed by atoms with Crippen molar-refractivity contribution < 1.29 is 18.7 Å². The zero-order chi connectivity index (χ0) is 25.3. The molecule has 1 atom stereocenters. The Morgan fingerprint density at radius 1 is 1.36 bits per heavy atom. The van der Waals surface area contributed by atoms with Crippen LogP contribution in [0.3, 0.4) is 0 Å². The second-order valence-corrected chi connectivity index (χ2v) is 9.61. The normalized spacial score (nSPS) is 15.1. The van der Waals surface area contributed by atoms with Gasteiger partial charge in [0, 0.05) is 43.6 Å². The van der Waals surface area contributed by atoms with Gasteiger partial charge < -0.3 is 20.5 Å². The molecule has 4 rings (SSSR count). The van der Waals surface area contributed by atoms with Gasteiger partial charge in [0.05, 0.1) is 16.8 Å². The summed E-state index contributed by atoms with van der Waals surface area (Å²) in [5.41, 5.74) is 7.85. The number of anilines is 1. The molecule has 196 valence electrons. The minimum absolute atomic E-state index is 0. The summed E-state index contributed by atoms with van der Waals surface area (Å²) < 4.78 is 28.6. The number of nitrogens with zero attached hydrogens (tertiary/aromatic N) is 3. The van der Waals surface area contributed by atoms with Crippen LogP contribution in [0.15, 0.2) is 18.5 Å². The van der Waals surface area contributed by atoms with E-state index in [4.69, 9.17) is 31.8 Å². The van der Waals surface area contributed by atoms with Crippen molar-refractivity contribution in [2.45, 2.75) is 52.6 Å². The van der Waals surface area contributed by atoms with Crippen LogP contribution in [0.5, 0.6) is 5.75 Å². The Kier molecular flexibility index (Phi) is 9.08. The number of fused-ring (bicyclic) bond motifs is 1. The third kappa shape index (κ3) is 5.55. The van der Waals surface area contributed by atoms with Gasteiger partial charge in [-0.15, -0.1) is 0 Å². The molecule has 1 aliphatic rings. The van der Waals surface area contributed by atoms with Gasteiger partial charge in [0.25, 0.3) is 5.91 Å². The molecule has 1 fully saturated rings. The van der Waals surface area contributed by atoms with E-state index >= 15 is 4.39 Å². The van der Waals surface area contributed by atoms with Crippen molar-refractivity contribution in [3.05, 3.63) is 51.9 Å². The van der Waals surface area contributed by atoms with Gasteiger partial charge in [-0.25, -0.2) is 14.4 Å². The first kappa shape index (κ1) is 28.0. The molecule has 1 amide bonds. The lowest BCUT2D eigenvalue weighted by Crippen LogP contribution is -2.33. The molecule has 1 saturated heterocycles. The molecule has 3 N–H and O–H groups in total. The Hall–Kier alpha value is -2.56. The van der Waals surface area contributed by atoms with Crippen molar-refractivity contribution in [2.24, 2.45) is 5.92 Å². The van der Waals surface area contributed by atoms with E-state index in [1.807, 2.05) is 32.1 Å². The highest BCUT2D eigenvalue weighted by Crippen LogP contribution is 2.40. The predicted molar refractivity (Wildman–Crippen MR) is 143 cm³/mol. The number of aromatic nitrogens is 3. The second kappa shape index (κ2) is 11.7. The van der Waals surface area contributed by atoms with Crippen molar-refractivity contribution in [3.63, 3.8) is 0 Å². The van der Waals surface area contributed by atoms with Gasteiger partial charge in [-0.3, -0.25) is 9.20 Å². The standard InChI is InChI=1S/C25H31ClFN5O3.H2S/c1-13(2)35-22-17(14(3)24-31-15(4)21-23(28)29-7-8-32(21)24)11-18(26)20(27)19(22)25(33)30-12-16-5-9-34-10-6-16;/h7-8,11,13-14,16H,5-6,9-10,12H2,1-4H3,(H2,28,29)(H,30,33);1H2/t14-;/m0./s1. The Bertz CT molecular complexity index is 1250. The fraction of sp³-hybridized carbons (Fsp3) is 0.480. The summed E-state index contributed by atoms with van der Waals surface area (Å²) >= 11 is 6.32. The molecule has 1 aliphatic heterocycles. The molecule has 1 aromatic carbocycles. The average molecular weight is 538 g/mol. The van der Waals surface area contributed by atoms with E-state index in [-0.39, 0.29) is 41.9 Å². The molecule has 3 heterocycles. The SMILES string of the molecule is Cc1nc([C@@H](C)c2cc(Cl)c(F)c(C(=O)NCC3CCOCC3)c2OC(C)C)n2ccnc(N)c12.S. The maximum atomic E-state index is 15.3. The first-order valence-corrected chi connectivity index (χ1v) is 12.2. The fourth-order valence-corrected chi connectivity index (χ4v) is 4.72. The number of carbonyl (C=O) groups excluding carboxylic acids is 1. The van der Waals surface area contributed by atoms with Crippen LogP contribution in [0.1, 0.15) is 67.0 Å². The third-order valence-corrected chi connectivity index (χ3v) is 6.59. The lowest BCUT2D eigenvalue weighted by molar-refractivity contribution is 0.0641. The van der Waals surface area contributed by atoms with Gasteiger partial charge in [-0.05, 0) is 45.6 Å². The van der Waals surface area contributed by atoms with Crippen LogP contribution in [0, 0.1) is 18.7 Å². The minimum atomic E-state index is -0.805. The van der Waals surface area contributed by atoms with Crippen molar-refractivity contribution in [2.75, 3.05) is 25.5 Å². The highest BCUT2D eigenvalue weighted by molar-refractivity contribution is 7.59. The number of nitrogens with one attached hydrogen (secondary N) is 1. The molecule has 0 spiro atoms. The van der Waals surface area contributed by atoms with Crippen molar-refractivity contribution in [3.8, 4) is 5.75 Å². The smallest absolute Gasteiger partial charge is 0.258 e. The van der Waals surface area contributed by atoms with E-state index in [0.29, 0.717) is 48.2 Å². The van der Waals surface area contributed by atoms with Crippen LogP contribution in [0.4, 0.5) is 10.2 Å². The van der Waals surface area contributed by atoms with Crippen LogP contribution in [-0.4, -0.2) is 46.1 Å². The molecule has 0 bridgehead atoms. The molecule has 0 unspecified atom stereocenters. The summed E-state index contributed by atoms with van der Waals surface area (Å²) in [4.78, 5) is 22.1. The lowest BCUT2D eigenvalue weighted by atomic mass is 9.95. The van der Waals surface area contributed by atoms with Crippen molar-refractivity contribution in [1.82, 2.24) is 19.7 Å². The number of nitrogens with two attached hydrogens (primary N) is 1. The van der Waals surface area contributed by atoms with E-state index in [9.17, 15) is 4.79 Å². The summed E-state index contributed by atoms with van der Waals surface area (Å²) in [5.74, 6) is -0.307. The van der Waals surface area contributed by atoms with E-state index in [0.717, 1.165) is 12.8 Å². The monoisotopic (exact) mass is 537 g/mol. The summed E-state index contributed by atoms with van der Waals surface area (Å²) in [7, 11) is 0. The van der Waals surface area contributed by atoms with Crippen molar-refractivity contribution in [1.29, 1.82) is 0 Å². The molecule has 2 aromatic heterocycles. The number of aryl methyl sites for hydroxylation is 1. The van der Waals surface area contributed by atoms with Crippen LogP contribution in [0.25, 0.3) is 5.52 Å². The van der Waals surface area contributed by atoms with Gasteiger partial charge in [0.15, 0.2) is 5.82 Å². The number of hydrogen-bond donors (Lipinski definition) is 2. The van der Waals surface area contributed by atoms with Gasteiger partial charge in [0.1, 0.15) is 28.5 Å². The molecule has 0 radical (unpaired) electrons. The molecular weight excluding hydrogens is 505 g/mol. The first-order chi connectivity index (χ1) is 16.7. The quantitative estimate of drug-likeness (QED) is 0.456. The predicted octanol–water partition coefficient (Wildman–Crippen LogP) is 4.62. The largest absolute Gasteiger partial charge is 0.490 e. The van der Waals surface area contributed by atoms with Crippen LogP contribution >= 0.6 is 25.1 Å². The fourth-order valence-electron chi connectivity index (χ4n) is 4.51. The Balaban J connectivity index is 0.00000361. The molecular formula is C25H33ClFN5O3S. The third-order valence-electron chi connectivity index (χ3n) is 6.31. The van der Waals surface area contributed by atoms with Gasteiger partial charge in [-0.1, -0.05) is 18.5 Å². The molecule has 3 aromatic rings. The highest BCUT2D eigenvalue weighted by atomic mass is 35.5. The number of ether oxygens (including phenoxy) is 2. The minimum Gasteiger partial charge on any atom is -0.490 e. The molecule has 8 nitrogen and oxygen atoms in total. The Labute approximate surface area is 222 Å². The highest BCUT2D eigenvalue weighted by Gasteiger charge is 2.30. The number of nitrogen functional groups attached to an aromatic ring is 1.